The number of piperidine rings is 1. The largest absolute Gasteiger partial charge is 0.387 e. The third-order valence-electron chi connectivity index (χ3n) is 10.7. The lowest BCUT2D eigenvalue weighted by Crippen LogP contribution is -2.61. The number of carbonyl (C=O) groups is 4. The number of carbonyl (C=O) groups excluding carboxylic acids is 4. The van der Waals surface area contributed by atoms with Gasteiger partial charge in [0.1, 0.15) is 12.1 Å². The summed E-state index contributed by atoms with van der Waals surface area (Å²) in [6, 6.07) is 7.19. The third kappa shape index (κ3) is 9.15. The van der Waals surface area contributed by atoms with Crippen LogP contribution in [0.2, 0.25) is 0 Å². The number of nitrogens with one attached hydrogen (secondary N) is 2. The van der Waals surface area contributed by atoms with Gasteiger partial charge in [-0.05, 0) is 75.6 Å². The molecule has 3 N–H and O–H groups in total. The Balaban J connectivity index is 1.41. The highest BCUT2D eigenvalue weighted by molar-refractivity contribution is 5.91. The average Bonchev–Trinajstić information content (AvgIpc) is 3.74. The zero-order valence-corrected chi connectivity index (χ0v) is 30.3. The minimum absolute atomic E-state index is 0.0401. The Kier molecular flexibility index (Phi) is 13.1. The minimum atomic E-state index is -0.821. The zero-order chi connectivity index (χ0) is 35.2. The molecule has 268 valence electrons. The van der Waals surface area contributed by atoms with Crippen LogP contribution in [0.4, 0.5) is 0 Å². The highest BCUT2D eigenvalue weighted by Crippen LogP contribution is 2.28. The molecule has 0 radical (unpaired) electrons. The fourth-order valence-electron chi connectivity index (χ4n) is 7.61. The van der Waals surface area contributed by atoms with Gasteiger partial charge >= 0.3 is 0 Å². The first-order valence-corrected chi connectivity index (χ1v) is 18.0. The molecule has 0 aliphatic carbocycles. The summed E-state index contributed by atoms with van der Waals surface area (Å²) >= 11 is 0. The molecule has 3 aliphatic rings. The Morgan fingerprint density at radius 2 is 1.54 bits per heavy atom. The monoisotopic (exact) mass is 668 g/mol. The van der Waals surface area contributed by atoms with E-state index in [4.69, 9.17) is 0 Å². The summed E-state index contributed by atoms with van der Waals surface area (Å²) in [4.78, 5) is 62.7. The van der Waals surface area contributed by atoms with Gasteiger partial charge in [-0.25, -0.2) is 0 Å². The number of benzene rings is 1. The molecular formula is C37H60N6O5. The predicted molar refractivity (Wildman–Crippen MR) is 187 cm³/mol. The van der Waals surface area contributed by atoms with Crippen molar-refractivity contribution >= 4 is 23.6 Å². The highest BCUT2D eigenvalue weighted by Gasteiger charge is 2.43. The van der Waals surface area contributed by atoms with Crippen molar-refractivity contribution in [3.63, 3.8) is 0 Å². The second-order valence-electron chi connectivity index (χ2n) is 15.6. The van der Waals surface area contributed by atoms with E-state index in [0.29, 0.717) is 25.9 Å². The summed E-state index contributed by atoms with van der Waals surface area (Å²) in [7, 11) is 3.79. The number of hydrogen-bond donors (Lipinski definition) is 3. The lowest BCUT2D eigenvalue weighted by Gasteiger charge is -2.41. The number of hydrogen-bond acceptors (Lipinski definition) is 7. The third-order valence-corrected chi connectivity index (χ3v) is 10.7. The van der Waals surface area contributed by atoms with Crippen LogP contribution in [0.5, 0.6) is 0 Å². The first kappa shape index (κ1) is 37.8. The molecule has 0 saturated carbocycles. The van der Waals surface area contributed by atoms with Crippen LogP contribution in [0.25, 0.3) is 0 Å². The number of nitrogens with zero attached hydrogens (tertiary/aromatic N) is 4. The molecule has 3 fully saturated rings. The van der Waals surface area contributed by atoms with Gasteiger partial charge < -0.3 is 25.5 Å². The maximum Gasteiger partial charge on any atom is 0.245 e. The Morgan fingerprint density at radius 3 is 2.19 bits per heavy atom. The maximum absolute atomic E-state index is 14.2. The predicted octanol–water partition coefficient (Wildman–Crippen LogP) is 2.79. The van der Waals surface area contributed by atoms with Crippen LogP contribution in [-0.4, -0.2) is 125 Å². The van der Waals surface area contributed by atoms with Gasteiger partial charge in [0.2, 0.25) is 23.6 Å². The van der Waals surface area contributed by atoms with Gasteiger partial charge in [0.05, 0.1) is 18.2 Å². The molecule has 0 aromatic heterocycles. The molecule has 6 atom stereocenters. The van der Waals surface area contributed by atoms with Crippen LogP contribution in [0.3, 0.4) is 0 Å². The fourth-order valence-corrected chi connectivity index (χ4v) is 7.61. The number of aliphatic hydroxyl groups excluding tert-OH is 1. The van der Waals surface area contributed by atoms with Crippen LogP contribution in [-0.2, 0) is 19.2 Å². The van der Waals surface area contributed by atoms with Gasteiger partial charge in [0.25, 0.3) is 0 Å². The molecule has 11 heteroatoms. The Hall–Kier alpha value is -3.02. The molecule has 4 amide bonds. The lowest BCUT2D eigenvalue weighted by molar-refractivity contribution is -0.144. The van der Waals surface area contributed by atoms with E-state index in [1.165, 1.54) is 0 Å². The van der Waals surface area contributed by atoms with E-state index in [0.717, 1.165) is 50.8 Å². The normalized spacial score (nSPS) is 24.3. The number of aliphatic hydroxyl groups is 1. The molecule has 0 bridgehead atoms. The lowest BCUT2D eigenvalue weighted by atomic mass is 9.84. The number of likely N-dealkylation sites (tertiary alicyclic amines) is 3. The molecule has 3 saturated heterocycles. The summed E-state index contributed by atoms with van der Waals surface area (Å²) in [6.07, 6.45) is 4.95. The molecule has 3 heterocycles. The van der Waals surface area contributed by atoms with Crippen molar-refractivity contribution in [1.82, 2.24) is 30.2 Å². The first-order valence-electron chi connectivity index (χ1n) is 18.0. The zero-order valence-electron chi connectivity index (χ0n) is 30.3. The SMILES string of the molecule is CC(C)[C@@H](CN1CCC[C@H]1C(=O)N1CCC[C@H]1C(=O)NC[C@H](O)c1ccccc1)N(C)C(=O)[C@@H](NC(=O)C1CCCCN1C)C(C)(C)C. The van der Waals surface area contributed by atoms with Gasteiger partial charge in [-0.2, -0.15) is 0 Å². The summed E-state index contributed by atoms with van der Waals surface area (Å²) < 4.78 is 0. The van der Waals surface area contributed by atoms with Crippen molar-refractivity contribution in [3.05, 3.63) is 35.9 Å². The fraction of sp³-hybridized carbons (Fsp3) is 0.730. The second kappa shape index (κ2) is 16.6. The Morgan fingerprint density at radius 1 is 0.896 bits per heavy atom. The summed E-state index contributed by atoms with van der Waals surface area (Å²) in [5, 5.41) is 16.5. The molecule has 1 unspecified atom stereocenters. The Bertz CT molecular complexity index is 1250. The summed E-state index contributed by atoms with van der Waals surface area (Å²) in [5.74, 6) is -0.382. The summed E-state index contributed by atoms with van der Waals surface area (Å²) in [6.45, 7) is 12.9. The molecule has 4 rings (SSSR count). The van der Waals surface area contributed by atoms with Gasteiger partial charge in [-0.15, -0.1) is 0 Å². The standard InChI is InChI=1S/C37H60N6O5/c1-25(2)30(41(7)36(48)32(37(3,4)5)39-34(46)27-17-11-12-20-40(27)6)24-42-21-13-19-29(42)35(47)43-22-14-18-28(43)33(45)38-23-31(44)26-15-9-8-10-16-26/h8-10,15-16,25,27-32,44H,11-14,17-24H2,1-7H3,(H,38,45)(H,39,46)/t27?,28-,29-,30+,31-,32+/m0/s1. The van der Waals surface area contributed by atoms with Crippen LogP contribution < -0.4 is 10.6 Å². The first-order chi connectivity index (χ1) is 22.7. The topological polar surface area (TPSA) is 126 Å². The number of amides is 4. The molecular weight excluding hydrogens is 608 g/mol. The quantitative estimate of drug-likeness (QED) is 0.313. The van der Waals surface area contributed by atoms with E-state index >= 15 is 0 Å². The van der Waals surface area contributed by atoms with Crippen molar-refractivity contribution in [2.75, 3.05) is 46.8 Å². The molecule has 1 aromatic carbocycles. The maximum atomic E-state index is 14.2. The number of likely N-dealkylation sites (N-methyl/N-ethyl adjacent to an activating group) is 2. The van der Waals surface area contributed by atoms with Crippen LogP contribution in [0.15, 0.2) is 30.3 Å². The van der Waals surface area contributed by atoms with E-state index in [-0.39, 0.29) is 54.2 Å². The van der Waals surface area contributed by atoms with Gasteiger partial charge in [0.15, 0.2) is 0 Å². The van der Waals surface area contributed by atoms with Crippen molar-refractivity contribution in [2.24, 2.45) is 11.3 Å². The molecule has 3 aliphatic heterocycles. The van der Waals surface area contributed by atoms with Gasteiger partial charge in [0, 0.05) is 32.7 Å². The van der Waals surface area contributed by atoms with E-state index in [1.54, 1.807) is 9.80 Å². The van der Waals surface area contributed by atoms with E-state index in [9.17, 15) is 24.3 Å². The second-order valence-corrected chi connectivity index (χ2v) is 15.6. The summed E-state index contributed by atoms with van der Waals surface area (Å²) in [5.41, 5.74) is 0.236. The van der Waals surface area contributed by atoms with E-state index < -0.39 is 23.6 Å². The Labute approximate surface area is 287 Å². The molecule has 1 aromatic rings. The molecule has 48 heavy (non-hydrogen) atoms. The highest BCUT2D eigenvalue weighted by atomic mass is 16.3. The van der Waals surface area contributed by atoms with E-state index in [2.05, 4.69) is 34.3 Å². The van der Waals surface area contributed by atoms with Crippen molar-refractivity contribution < 1.29 is 24.3 Å². The molecule has 0 spiro atoms. The van der Waals surface area contributed by atoms with E-state index in [1.807, 2.05) is 65.2 Å². The van der Waals surface area contributed by atoms with Crippen molar-refractivity contribution in [1.29, 1.82) is 0 Å². The van der Waals surface area contributed by atoms with Gasteiger partial charge in [-0.3, -0.25) is 29.0 Å². The van der Waals surface area contributed by atoms with Gasteiger partial charge in [-0.1, -0.05) is 71.4 Å². The van der Waals surface area contributed by atoms with Crippen LogP contribution >= 0.6 is 0 Å². The average molecular weight is 669 g/mol. The smallest absolute Gasteiger partial charge is 0.245 e. The van der Waals surface area contributed by atoms with Crippen molar-refractivity contribution in [2.45, 2.75) is 116 Å². The minimum Gasteiger partial charge on any atom is -0.387 e. The van der Waals surface area contributed by atoms with Crippen LogP contribution in [0, 0.1) is 11.3 Å². The molecule has 11 nitrogen and oxygen atoms in total. The number of rotatable bonds is 12. The van der Waals surface area contributed by atoms with Crippen LogP contribution in [0.1, 0.15) is 91.2 Å². The van der Waals surface area contributed by atoms with Crippen molar-refractivity contribution in [3.8, 4) is 0 Å².